The molecule has 4 nitrogen and oxygen atoms in total. The predicted octanol–water partition coefficient (Wildman–Crippen LogP) is 3.27. The molecule has 0 atom stereocenters. The summed E-state index contributed by atoms with van der Waals surface area (Å²) in [6.07, 6.45) is 1.32. The molecule has 4 rings (SSSR count). The summed E-state index contributed by atoms with van der Waals surface area (Å²) in [7, 11) is 0. The maximum Gasteiger partial charge on any atom is 0.231 e. The Morgan fingerprint density at radius 2 is 2.14 bits per heavy atom. The lowest BCUT2D eigenvalue weighted by Crippen LogP contribution is -2.30. The van der Waals surface area contributed by atoms with E-state index in [1.165, 1.54) is 5.56 Å². The second-order valence-corrected chi connectivity index (χ2v) is 5.64. The fourth-order valence-electron chi connectivity index (χ4n) is 3.07. The van der Waals surface area contributed by atoms with E-state index in [0.717, 1.165) is 35.3 Å². The summed E-state index contributed by atoms with van der Waals surface area (Å²) in [5.41, 5.74) is 4.84. The van der Waals surface area contributed by atoms with Gasteiger partial charge < -0.3 is 9.32 Å². The highest BCUT2D eigenvalue weighted by Gasteiger charge is 2.24. The number of amides is 1. The molecular formula is C18H16N2O2. The van der Waals surface area contributed by atoms with Gasteiger partial charge in [0.15, 0.2) is 11.5 Å². The van der Waals surface area contributed by atoms with E-state index in [0.29, 0.717) is 12.3 Å². The predicted molar refractivity (Wildman–Crippen MR) is 84.9 cm³/mol. The molecule has 0 saturated heterocycles. The number of carbonyl (C=O) groups excluding carboxylic acids is 1. The summed E-state index contributed by atoms with van der Waals surface area (Å²) < 4.78 is 5.47. The van der Waals surface area contributed by atoms with Gasteiger partial charge in [0.2, 0.25) is 5.91 Å². The Balaban J connectivity index is 1.58. The number of anilines is 1. The largest absolute Gasteiger partial charge is 0.441 e. The van der Waals surface area contributed by atoms with Crippen molar-refractivity contribution in [2.24, 2.45) is 0 Å². The van der Waals surface area contributed by atoms with E-state index in [1.807, 2.05) is 48.2 Å². The zero-order chi connectivity index (χ0) is 15.1. The van der Waals surface area contributed by atoms with Crippen LogP contribution in [0.25, 0.3) is 11.1 Å². The first kappa shape index (κ1) is 13.1. The van der Waals surface area contributed by atoms with Crippen LogP contribution >= 0.6 is 0 Å². The van der Waals surface area contributed by atoms with Crippen molar-refractivity contribution in [3.63, 3.8) is 0 Å². The number of aromatic nitrogens is 1. The molecule has 0 bridgehead atoms. The van der Waals surface area contributed by atoms with E-state index in [4.69, 9.17) is 4.42 Å². The average Bonchev–Trinajstić information content (AvgIpc) is 3.09. The minimum atomic E-state index is 0.129. The monoisotopic (exact) mass is 292 g/mol. The molecule has 2 aromatic carbocycles. The SMILES string of the molecule is Cc1nc2cc(CC(=O)N3CCc4ccccc43)ccc2o1. The van der Waals surface area contributed by atoms with Crippen molar-refractivity contribution in [1.29, 1.82) is 0 Å². The van der Waals surface area contributed by atoms with Crippen LogP contribution in [0.15, 0.2) is 46.9 Å². The number of aryl methyl sites for hydroxylation is 1. The molecule has 110 valence electrons. The van der Waals surface area contributed by atoms with Crippen molar-refractivity contribution in [2.75, 3.05) is 11.4 Å². The molecule has 0 spiro atoms. The number of carbonyl (C=O) groups is 1. The summed E-state index contributed by atoms with van der Waals surface area (Å²) >= 11 is 0. The molecular weight excluding hydrogens is 276 g/mol. The number of nitrogens with zero attached hydrogens (tertiary/aromatic N) is 2. The van der Waals surface area contributed by atoms with E-state index in [1.54, 1.807) is 0 Å². The Morgan fingerprint density at radius 1 is 1.27 bits per heavy atom. The van der Waals surface area contributed by atoms with Gasteiger partial charge in [0.05, 0.1) is 6.42 Å². The van der Waals surface area contributed by atoms with Gasteiger partial charge in [-0.15, -0.1) is 0 Å². The molecule has 0 saturated carbocycles. The zero-order valence-electron chi connectivity index (χ0n) is 12.4. The Kier molecular flexibility index (Phi) is 2.96. The standard InChI is InChI=1S/C18H16N2O2/c1-12-19-15-10-13(6-7-17(15)22-12)11-18(21)20-9-8-14-4-2-3-5-16(14)20/h2-7,10H,8-9,11H2,1H3. The molecule has 22 heavy (non-hydrogen) atoms. The maximum absolute atomic E-state index is 12.6. The van der Waals surface area contributed by atoms with Gasteiger partial charge in [-0.1, -0.05) is 24.3 Å². The Labute approximate surface area is 128 Å². The van der Waals surface area contributed by atoms with Crippen molar-refractivity contribution in [2.45, 2.75) is 19.8 Å². The molecule has 0 aliphatic carbocycles. The first-order chi connectivity index (χ1) is 10.7. The van der Waals surface area contributed by atoms with Gasteiger partial charge in [-0.3, -0.25) is 4.79 Å². The lowest BCUT2D eigenvalue weighted by molar-refractivity contribution is -0.117. The van der Waals surface area contributed by atoms with Gasteiger partial charge in [-0.25, -0.2) is 4.98 Å². The van der Waals surface area contributed by atoms with Crippen LogP contribution in [0.1, 0.15) is 17.0 Å². The van der Waals surface area contributed by atoms with E-state index in [-0.39, 0.29) is 5.91 Å². The highest BCUT2D eigenvalue weighted by Crippen LogP contribution is 2.28. The summed E-state index contributed by atoms with van der Waals surface area (Å²) in [6.45, 7) is 2.59. The smallest absolute Gasteiger partial charge is 0.231 e. The first-order valence-electron chi connectivity index (χ1n) is 7.45. The highest BCUT2D eigenvalue weighted by atomic mass is 16.3. The maximum atomic E-state index is 12.6. The fraction of sp³-hybridized carbons (Fsp3) is 0.222. The second-order valence-electron chi connectivity index (χ2n) is 5.64. The lowest BCUT2D eigenvalue weighted by Gasteiger charge is -2.17. The molecule has 3 aromatic rings. The third kappa shape index (κ3) is 2.17. The second kappa shape index (κ2) is 4.98. The number of fused-ring (bicyclic) bond motifs is 2. The summed E-state index contributed by atoms with van der Waals surface area (Å²) in [4.78, 5) is 18.8. The lowest BCUT2D eigenvalue weighted by atomic mass is 10.1. The number of oxazole rings is 1. The molecule has 0 N–H and O–H groups in total. The van der Waals surface area contributed by atoms with Crippen LogP contribution in [-0.4, -0.2) is 17.4 Å². The summed E-state index contributed by atoms with van der Waals surface area (Å²) in [6, 6.07) is 13.9. The van der Waals surface area contributed by atoms with Gasteiger partial charge in [0, 0.05) is 19.2 Å². The Hall–Kier alpha value is -2.62. The van der Waals surface area contributed by atoms with E-state index < -0.39 is 0 Å². The number of benzene rings is 2. The molecule has 1 aliphatic heterocycles. The van der Waals surface area contributed by atoms with Gasteiger partial charge in [-0.2, -0.15) is 0 Å². The molecule has 4 heteroatoms. The van der Waals surface area contributed by atoms with Crippen LogP contribution < -0.4 is 4.90 Å². The minimum Gasteiger partial charge on any atom is -0.441 e. The van der Waals surface area contributed by atoms with Crippen LogP contribution in [0.5, 0.6) is 0 Å². The van der Waals surface area contributed by atoms with Crippen LogP contribution in [0.2, 0.25) is 0 Å². The molecule has 0 radical (unpaired) electrons. The third-order valence-corrected chi connectivity index (χ3v) is 4.10. The van der Waals surface area contributed by atoms with Crippen molar-refractivity contribution < 1.29 is 9.21 Å². The fourth-order valence-corrected chi connectivity index (χ4v) is 3.07. The molecule has 1 aliphatic rings. The van der Waals surface area contributed by atoms with Crippen LogP contribution in [0, 0.1) is 6.92 Å². The van der Waals surface area contributed by atoms with Crippen LogP contribution in [0.4, 0.5) is 5.69 Å². The topological polar surface area (TPSA) is 46.3 Å². The molecule has 2 heterocycles. The van der Waals surface area contributed by atoms with Crippen LogP contribution in [0.3, 0.4) is 0 Å². The van der Waals surface area contributed by atoms with Gasteiger partial charge in [0.25, 0.3) is 0 Å². The van der Waals surface area contributed by atoms with E-state index in [2.05, 4.69) is 11.1 Å². The number of hydrogen-bond acceptors (Lipinski definition) is 3. The van der Waals surface area contributed by atoms with Gasteiger partial charge in [-0.05, 0) is 35.7 Å². The van der Waals surface area contributed by atoms with Crippen molar-refractivity contribution in [3.05, 3.63) is 59.5 Å². The van der Waals surface area contributed by atoms with E-state index >= 15 is 0 Å². The van der Waals surface area contributed by atoms with Crippen molar-refractivity contribution in [3.8, 4) is 0 Å². The number of hydrogen-bond donors (Lipinski definition) is 0. The first-order valence-corrected chi connectivity index (χ1v) is 7.45. The zero-order valence-corrected chi connectivity index (χ0v) is 12.4. The normalized spacial score (nSPS) is 13.6. The quantitative estimate of drug-likeness (QED) is 0.728. The Bertz CT molecular complexity index is 866. The molecule has 0 unspecified atom stereocenters. The van der Waals surface area contributed by atoms with E-state index in [9.17, 15) is 4.79 Å². The number of para-hydroxylation sites is 1. The van der Waals surface area contributed by atoms with Crippen molar-refractivity contribution >= 4 is 22.7 Å². The van der Waals surface area contributed by atoms with Gasteiger partial charge in [0.1, 0.15) is 5.52 Å². The summed E-state index contributed by atoms with van der Waals surface area (Å²) in [5.74, 6) is 0.775. The summed E-state index contributed by atoms with van der Waals surface area (Å²) in [5, 5.41) is 0. The van der Waals surface area contributed by atoms with Crippen LogP contribution in [-0.2, 0) is 17.6 Å². The molecule has 0 fully saturated rings. The average molecular weight is 292 g/mol. The van der Waals surface area contributed by atoms with Crippen molar-refractivity contribution in [1.82, 2.24) is 4.98 Å². The molecule has 1 aromatic heterocycles. The number of rotatable bonds is 2. The third-order valence-electron chi connectivity index (χ3n) is 4.10. The minimum absolute atomic E-state index is 0.129. The Morgan fingerprint density at radius 3 is 3.05 bits per heavy atom. The van der Waals surface area contributed by atoms with Gasteiger partial charge >= 0.3 is 0 Å². The molecule has 1 amide bonds. The highest BCUT2D eigenvalue weighted by molar-refractivity contribution is 5.97.